The first-order valence-corrected chi connectivity index (χ1v) is 12.0. The second kappa shape index (κ2) is 10.1. The summed E-state index contributed by atoms with van der Waals surface area (Å²) in [4.78, 5) is 12.5. The molecular formula is C23H28B4F3O4P. The predicted octanol–water partition coefficient (Wildman–Crippen LogP) is 0.712. The van der Waals surface area contributed by atoms with Gasteiger partial charge in [-0.15, -0.1) is 9.24 Å². The fraction of sp³-hybridized carbons (Fsp3) is 0.348. The van der Waals surface area contributed by atoms with E-state index in [1.165, 1.54) is 7.85 Å². The quantitative estimate of drug-likeness (QED) is 0.254. The zero-order chi connectivity index (χ0) is 26.1. The van der Waals surface area contributed by atoms with Crippen LogP contribution in [0.3, 0.4) is 0 Å². The monoisotopic (exact) mass is 500 g/mol. The molecule has 35 heavy (non-hydrogen) atoms. The molecule has 0 aliphatic rings. The Morgan fingerprint density at radius 1 is 0.943 bits per heavy atom. The van der Waals surface area contributed by atoms with Crippen molar-refractivity contribution in [3.05, 3.63) is 65.0 Å². The van der Waals surface area contributed by atoms with Crippen LogP contribution in [0, 0.1) is 0 Å². The maximum absolute atomic E-state index is 15.8. The van der Waals surface area contributed by atoms with Crippen molar-refractivity contribution in [3.8, 4) is 16.9 Å². The van der Waals surface area contributed by atoms with E-state index in [-0.39, 0.29) is 13.0 Å². The molecule has 0 spiro atoms. The van der Waals surface area contributed by atoms with Crippen LogP contribution in [-0.4, -0.2) is 71.5 Å². The van der Waals surface area contributed by atoms with E-state index >= 15 is 8.78 Å². The minimum Gasteiger partial charge on any atom is -0.493 e. The number of fused-ring (bicyclic) bond motifs is 1. The molecule has 1 aromatic heterocycles. The summed E-state index contributed by atoms with van der Waals surface area (Å²) >= 11 is 0. The van der Waals surface area contributed by atoms with Crippen LogP contribution in [0.5, 0.6) is 5.75 Å². The summed E-state index contributed by atoms with van der Waals surface area (Å²) in [5, 5.41) is 8.41. The SMILES string of the molecule is BC(F)(CCO)C(B)(F)C(B)(F)C(B)(P)CCOc1ccc2cc(-c3ccccc3)c(=O)oc2c1. The summed E-state index contributed by atoms with van der Waals surface area (Å²) in [7, 11) is 6.66. The first kappa shape index (κ1) is 27.5. The molecule has 3 rings (SSSR count). The molecule has 0 saturated heterocycles. The van der Waals surface area contributed by atoms with Crippen LogP contribution in [0.15, 0.2) is 63.8 Å². The Morgan fingerprint density at radius 3 is 2.23 bits per heavy atom. The number of rotatable bonds is 10. The van der Waals surface area contributed by atoms with Crippen LogP contribution in [0.1, 0.15) is 12.8 Å². The van der Waals surface area contributed by atoms with Gasteiger partial charge in [-0.2, -0.15) is 0 Å². The van der Waals surface area contributed by atoms with Crippen molar-refractivity contribution in [3.63, 3.8) is 0 Å². The van der Waals surface area contributed by atoms with E-state index in [2.05, 4.69) is 9.24 Å². The van der Waals surface area contributed by atoms with E-state index in [1.54, 1.807) is 24.3 Å². The van der Waals surface area contributed by atoms with Crippen LogP contribution in [0.25, 0.3) is 22.1 Å². The normalized spacial score (nSPS) is 18.7. The van der Waals surface area contributed by atoms with Gasteiger partial charge in [0.1, 0.15) is 35.9 Å². The first-order valence-electron chi connectivity index (χ1n) is 11.5. The summed E-state index contributed by atoms with van der Waals surface area (Å²) in [6, 6.07) is 16.0. The van der Waals surface area contributed by atoms with E-state index < -0.39 is 40.4 Å². The van der Waals surface area contributed by atoms with E-state index in [0.29, 0.717) is 22.3 Å². The molecule has 5 atom stereocenters. The molecule has 0 fully saturated rings. The zero-order valence-electron chi connectivity index (χ0n) is 20.4. The van der Waals surface area contributed by atoms with Gasteiger partial charge in [-0.1, -0.05) is 30.3 Å². The Balaban J connectivity index is 1.75. The molecule has 0 saturated carbocycles. The highest BCUT2D eigenvalue weighted by atomic mass is 31.0. The van der Waals surface area contributed by atoms with Gasteiger partial charge in [-0.25, -0.2) is 9.18 Å². The summed E-state index contributed by atoms with van der Waals surface area (Å²) in [5.74, 6) is 0.396. The van der Waals surface area contributed by atoms with Crippen molar-refractivity contribution in [2.75, 3.05) is 13.2 Å². The second-order valence-electron chi connectivity index (χ2n) is 9.71. The maximum Gasteiger partial charge on any atom is 0.344 e. The molecule has 0 bridgehead atoms. The van der Waals surface area contributed by atoms with Crippen LogP contribution >= 0.6 is 9.24 Å². The summed E-state index contributed by atoms with van der Waals surface area (Å²) in [5.41, 5.74) is -6.99. The molecule has 1 heterocycles. The highest BCUT2D eigenvalue weighted by Crippen LogP contribution is 2.47. The van der Waals surface area contributed by atoms with Crippen LogP contribution in [0.2, 0.25) is 0 Å². The Hall–Kier alpha value is -2.11. The number of halogens is 3. The number of alkyl halides is 3. The lowest BCUT2D eigenvalue weighted by atomic mass is 9.43. The Morgan fingerprint density at radius 2 is 1.60 bits per heavy atom. The Kier molecular flexibility index (Phi) is 7.93. The number of hydrogen-bond donors (Lipinski definition) is 1. The summed E-state index contributed by atoms with van der Waals surface area (Å²) < 4.78 is 57.5. The third-order valence-corrected chi connectivity index (χ3v) is 8.03. The fourth-order valence-electron chi connectivity index (χ4n) is 4.09. The van der Waals surface area contributed by atoms with Gasteiger partial charge in [0, 0.05) is 18.1 Å². The van der Waals surface area contributed by atoms with Gasteiger partial charge >= 0.3 is 5.63 Å². The van der Waals surface area contributed by atoms with Gasteiger partial charge in [0.15, 0.2) is 23.5 Å². The topological polar surface area (TPSA) is 59.7 Å². The molecule has 3 aromatic rings. The molecule has 0 amide bonds. The number of hydrogen-bond acceptors (Lipinski definition) is 4. The predicted molar refractivity (Wildman–Crippen MR) is 148 cm³/mol. The summed E-state index contributed by atoms with van der Waals surface area (Å²) in [6.45, 7) is -0.583. The molecule has 1 N–H and O–H groups in total. The smallest absolute Gasteiger partial charge is 0.344 e. The molecule has 12 heteroatoms. The van der Waals surface area contributed by atoms with Gasteiger partial charge in [-0.05, 0) is 41.7 Å². The van der Waals surface area contributed by atoms with Crippen molar-refractivity contribution in [2.24, 2.45) is 0 Å². The number of aliphatic hydroxyl groups excluding tert-OH is 1. The molecule has 182 valence electrons. The highest BCUT2D eigenvalue weighted by molar-refractivity contribution is 7.23. The lowest BCUT2D eigenvalue weighted by molar-refractivity contribution is -0.0234. The fourth-order valence-corrected chi connectivity index (χ4v) is 4.48. The van der Waals surface area contributed by atoms with Gasteiger partial charge in [0.25, 0.3) is 0 Å². The van der Waals surface area contributed by atoms with Crippen molar-refractivity contribution in [1.29, 1.82) is 0 Å². The van der Waals surface area contributed by atoms with E-state index in [0.717, 1.165) is 29.1 Å². The molecule has 4 nitrogen and oxygen atoms in total. The number of benzene rings is 2. The first-order chi connectivity index (χ1) is 16.2. The molecule has 0 radical (unpaired) electrons. The number of aliphatic hydroxyl groups is 1. The van der Waals surface area contributed by atoms with E-state index in [4.69, 9.17) is 14.3 Å². The molecule has 2 aromatic carbocycles. The van der Waals surface area contributed by atoms with Crippen LogP contribution < -0.4 is 10.4 Å². The maximum atomic E-state index is 15.8. The Bertz CT molecular complexity index is 1240. The standard InChI is InChI=1S/C23H28B4F3O4P/c24-20(28,8-10-31)22(26,29)23(27,30)21(25,35)9-11-33-16-7-6-15-12-17(14-4-2-1-3-5-14)19(32)34-18(15)13-16/h1-7,12-13,31H,8-11,24-27,35H2. The zero-order valence-corrected chi connectivity index (χ0v) is 21.6. The van der Waals surface area contributed by atoms with Crippen LogP contribution in [0.4, 0.5) is 13.2 Å². The lowest BCUT2D eigenvalue weighted by Gasteiger charge is -2.51. The largest absolute Gasteiger partial charge is 0.493 e. The number of ether oxygens (including phenoxy) is 1. The molecule has 0 aliphatic carbocycles. The lowest BCUT2D eigenvalue weighted by Crippen LogP contribution is -2.70. The Labute approximate surface area is 208 Å². The second-order valence-corrected chi connectivity index (χ2v) is 11.0. The summed E-state index contributed by atoms with van der Waals surface area (Å²) in [6.07, 6.45) is -0.473. The van der Waals surface area contributed by atoms with E-state index in [9.17, 15) is 9.18 Å². The molecule has 0 aliphatic heterocycles. The van der Waals surface area contributed by atoms with Crippen molar-refractivity contribution < 1.29 is 27.4 Å². The van der Waals surface area contributed by atoms with Crippen molar-refractivity contribution in [1.82, 2.24) is 0 Å². The van der Waals surface area contributed by atoms with Crippen LogP contribution in [-0.2, 0) is 0 Å². The van der Waals surface area contributed by atoms with Crippen molar-refractivity contribution in [2.45, 2.75) is 34.6 Å². The third kappa shape index (κ3) is 5.36. The minimum atomic E-state index is -2.87. The molecule has 5 unspecified atom stereocenters. The van der Waals surface area contributed by atoms with Crippen molar-refractivity contribution >= 4 is 51.6 Å². The van der Waals surface area contributed by atoms with Gasteiger partial charge < -0.3 is 14.3 Å². The highest BCUT2D eigenvalue weighted by Gasteiger charge is 2.62. The average molecular weight is 500 g/mol. The third-order valence-electron chi connectivity index (χ3n) is 7.20. The van der Waals surface area contributed by atoms with E-state index in [1.807, 2.05) is 30.3 Å². The molecular weight excluding hydrogens is 471 g/mol. The van der Waals surface area contributed by atoms with Gasteiger partial charge in [-0.3, -0.25) is 8.78 Å². The minimum absolute atomic E-state index is 0.0103. The average Bonchev–Trinajstić information content (AvgIpc) is 2.78. The van der Waals surface area contributed by atoms with Gasteiger partial charge in [0.05, 0.1) is 12.2 Å². The van der Waals surface area contributed by atoms with Gasteiger partial charge in [0.2, 0.25) is 0 Å².